The van der Waals surface area contributed by atoms with Gasteiger partial charge in [-0.15, -0.1) is 0 Å². The van der Waals surface area contributed by atoms with Crippen molar-refractivity contribution in [2.75, 3.05) is 24.7 Å². The van der Waals surface area contributed by atoms with E-state index in [2.05, 4.69) is 4.90 Å². The number of benzene rings is 2. The molecule has 3 N–H and O–H groups in total. The lowest BCUT2D eigenvalue weighted by Crippen LogP contribution is -2.39. The molecule has 1 unspecified atom stereocenters. The number of aromatic carboxylic acids is 1. The molecule has 3 aliphatic rings. The molecule has 11 heteroatoms. The van der Waals surface area contributed by atoms with Gasteiger partial charge in [-0.25, -0.2) is 9.78 Å². The van der Waals surface area contributed by atoms with Crippen molar-refractivity contribution in [2.45, 2.75) is 44.8 Å². The number of nitrogens with two attached hydrogens (primary N) is 1. The van der Waals surface area contributed by atoms with E-state index in [0.717, 1.165) is 42.1 Å². The van der Waals surface area contributed by atoms with Gasteiger partial charge in [0.25, 0.3) is 0 Å². The van der Waals surface area contributed by atoms with Gasteiger partial charge in [0.15, 0.2) is 10.9 Å². The van der Waals surface area contributed by atoms with E-state index in [4.69, 9.17) is 43.4 Å². The van der Waals surface area contributed by atoms with E-state index in [1.807, 2.05) is 6.92 Å². The Hall–Kier alpha value is -2.85. The van der Waals surface area contributed by atoms with Gasteiger partial charge in [0, 0.05) is 35.6 Å². The Balaban J connectivity index is 1.19. The van der Waals surface area contributed by atoms with Gasteiger partial charge < -0.3 is 25.2 Å². The van der Waals surface area contributed by atoms with Gasteiger partial charge in [0.1, 0.15) is 11.3 Å². The highest BCUT2D eigenvalue weighted by Crippen LogP contribution is 2.45. The number of nitrogens with zero attached hydrogens (tertiary/aromatic N) is 2. The fourth-order valence-electron chi connectivity index (χ4n) is 5.81. The SMILES string of the molecule is CCOc1cc(C(=O)O)cc2sc(N3CC4C[C@H]3C[C@H]4OCC(C(=O)C3CC3)=C(N)c3c(Cl)cccc3Cl)nc12. The second kappa shape index (κ2) is 10.9. The number of carboxylic acids is 1. The molecule has 2 heterocycles. The highest BCUT2D eigenvalue weighted by molar-refractivity contribution is 7.22. The largest absolute Gasteiger partial charge is 0.492 e. The van der Waals surface area contributed by atoms with E-state index in [-0.39, 0.29) is 47.6 Å². The lowest BCUT2D eigenvalue weighted by atomic mass is 10.0. The number of carboxylic acid groups (broad SMARTS) is 1. The average molecular weight is 603 g/mol. The molecule has 6 rings (SSSR count). The van der Waals surface area contributed by atoms with E-state index in [1.165, 1.54) is 17.4 Å². The van der Waals surface area contributed by atoms with Gasteiger partial charge in [-0.2, -0.15) is 0 Å². The first-order valence-electron chi connectivity index (χ1n) is 13.4. The minimum absolute atomic E-state index is 0.00949. The number of aromatic nitrogens is 1. The summed E-state index contributed by atoms with van der Waals surface area (Å²) in [5.41, 5.74) is 8.60. The second-order valence-electron chi connectivity index (χ2n) is 10.6. The Morgan fingerprint density at radius 1 is 1.20 bits per heavy atom. The summed E-state index contributed by atoms with van der Waals surface area (Å²) in [4.78, 5) is 31.9. The van der Waals surface area contributed by atoms with Crippen LogP contribution in [0.5, 0.6) is 5.75 Å². The fourth-order valence-corrected chi connectivity index (χ4v) is 7.52. The molecular weight excluding hydrogens is 573 g/mol. The number of thiazole rings is 1. The minimum Gasteiger partial charge on any atom is -0.492 e. The van der Waals surface area contributed by atoms with Gasteiger partial charge in [-0.1, -0.05) is 40.6 Å². The summed E-state index contributed by atoms with van der Waals surface area (Å²) in [6.45, 7) is 3.17. The zero-order chi connectivity index (χ0) is 28.1. The van der Waals surface area contributed by atoms with E-state index >= 15 is 0 Å². The minimum atomic E-state index is -0.996. The molecule has 40 heavy (non-hydrogen) atoms. The zero-order valence-electron chi connectivity index (χ0n) is 21.9. The van der Waals surface area contributed by atoms with Crippen LogP contribution in [0.25, 0.3) is 15.9 Å². The molecule has 1 aromatic heterocycles. The van der Waals surface area contributed by atoms with E-state index in [1.54, 1.807) is 24.3 Å². The third-order valence-electron chi connectivity index (χ3n) is 7.96. The van der Waals surface area contributed by atoms with Crippen molar-refractivity contribution in [3.05, 3.63) is 57.1 Å². The maximum Gasteiger partial charge on any atom is 0.335 e. The van der Waals surface area contributed by atoms with Crippen LogP contribution < -0.4 is 15.4 Å². The predicted molar refractivity (Wildman–Crippen MR) is 157 cm³/mol. The highest BCUT2D eigenvalue weighted by atomic mass is 35.5. The van der Waals surface area contributed by atoms with Crippen LogP contribution >= 0.6 is 34.5 Å². The van der Waals surface area contributed by atoms with Crippen LogP contribution in [0.15, 0.2) is 35.9 Å². The van der Waals surface area contributed by atoms with Crippen molar-refractivity contribution in [1.82, 2.24) is 4.98 Å². The molecule has 3 fully saturated rings. The number of piperidine rings is 1. The van der Waals surface area contributed by atoms with Crippen LogP contribution in [0.1, 0.15) is 48.5 Å². The molecule has 0 radical (unpaired) electrons. The number of hydrogen-bond acceptors (Lipinski definition) is 8. The second-order valence-corrected chi connectivity index (χ2v) is 12.4. The maximum absolute atomic E-state index is 13.2. The van der Waals surface area contributed by atoms with Gasteiger partial charge in [0.05, 0.1) is 45.3 Å². The summed E-state index contributed by atoms with van der Waals surface area (Å²) in [6.07, 6.45) is 3.47. The number of halogens is 2. The number of ketones is 1. The van der Waals surface area contributed by atoms with Crippen molar-refractivity contribution in [2.24, 2.45) is 17.6 Å². The molecule has 1 aliphatic heterocycles. The molecule has 2 saturated carbocycles. The van der Waals surface area contributed by atoms with Crippen LogP contribution in [0.2, 0.25) is 10.0 Å². The summed E-state index contributed by atoms with van der Waals surface area (Å²) < 4.78 is 12.9. The summed E-state index contributed by atoms with van der Waals surface area (Å²) in [5, 5.41) is 11.2. The number of ether oxygens (including phenoxy) is 2. The average Bonchev–Trinajstić information content (AvgIpc) is 3.37. The Bertz CT molecular complexity index is 1520. The van der Waals surface area contributed by atoms with Crippen molar-refractivity contribution in [1.29, 1.82) is 0 Å². The van der Waals surface area contributed by atoms with Crippen LogP contribution in [-0.2, 0) is 9.53 Å². The maximum atomic E-state index is 13.2. The van der Waals surface area contributed by atoms with Crippen LogP contribution in [-0.4, -0.2) is 53.7 Å². The summed E-state index contributed by atoms with van der Waals surface area (Å²) >= 11 is 14.3. The molecule has 0 spiro atoms. The standard InChI is InChI=1S/C29H29Cl2N3O5S/c1-2-38-22-9-15(28(36)37)10-23-26(22)33-29(40-23)34-12-16-8-17(34)11-21(16)39-13-18(27(35)14-6-7-14)25(32)24-19(30)4-3-5-20(24)31/h3-5,9-10,14,16-17,21H,2,6-8,11-13,32H2,1H3,(H,36,37)/t16?,17-,21+/m0/s1. The number of Topliss-reactive ketones (excluding diaryl/α,β-unsaturated/α-hetero) is 1. The van der Waals surface area contributed by atoms with E-state index in [9.17, 15) is 14.7 Å². The number of fused-ring (bicyclic) bond motifs is 3. The molecular formula is C29H29Cl2N3O5S. The normalized spacial score (nSPS) is 22.6. The number of carbonyl (C=O) groups excluding carboxylic acids is 1. The number of hydrogen-bond donors (Lipinski definition) is 2. The Labute approximate surface area is 245 Å². The smallest absolute Gasteiger partial charge is 0.335 e. The molecule has 2 aromatic carbocycles. The molecule has 3 aromatic rings. The van der Waals surface area contributed by atoms with Gasteiger partial charge in [-0.3, -0.25) is 4.79 Å². The molecule has 2 bridgehead atoms. The Morgan fingerprint density at radius 3 is 2.58 bits per heavy atom. The molecule has 210 valence electrons. The Kier molecular flexibility index (Phi) is 7.41. The monoisotopic (exact) mass is 601 g/mol. The molecule has 1 saturated heterocycles. The number of carbonyl (C=O) groups is 2. The van der Waals surface area contributed by atoms with E-state index in [0.29, 0.717) is 39.1 Å². The molecule has 3 atom stereocenters. The highest BCUT2D eigenvalue weighted by Gasteiger charge is 2.46. The van der Waals surface area contributed by atoms with Crippen molar-refractivity contribution in [3.63, 3.8) is 0 Å². The van der Waals surface area contributed by atoms with Crippen LogP contribution in [0.4, 0.5) is 5.13 Å². The Morgan fingerprint density at radius 2 is 1.95 bits per heavy atom. The quantitative estimate of drug-likeness (QED) is 0.270. The lowest BCUT2D eigenvalue weighted by molar-refractivity contribution is -0.117. The molecule has 2 aliphatic carbocycles. The van der Waals surface area contributed by atoms with Crippen molar-refractivity contribution >= 4 is 67.3 Å². The van der Waals surface area contributed by atoms with Crippen molar-refractivity contribution in [3.8, 4) is 5.75 Å². The molecule has 8 nitrogen and oxygen atoms in total. The van der Waals surface area contributed by atoms with E-state index < -0.39 is 5.97 Å². The number of rotatable bonds is 10. The van der Waals surface area contributed by atoms with Crippen molar-refractivity contribution < 1.29 is 24.2 Å². The lowest BCUT2D eigenvalue weighted by Gasteiger charge is -2.31. The predicted octanol–water partition coefficient (Wildman–Crippen LogP) is 6.03. The first-order chi connectivity index (χ1) is 19.2. The van der Waals surface area contributed by atoms with Crippen LogP contribution in [0, 0.1) is 11.8 Å². The summed E-state index contributed by atoms with van der Waals surface area (Å²) in [6, 6.07) is 8.60. The first-order valence-corrected chi connectivity index (χ1v) is 15.0. The zero-order valence-corrected chi connectivity index (χ0v) is 24.2. The van der Waals surface area contributed by atoms with Crippen LogP contribution in [0.3, 0.4) is 0 Å². The van der Waals surface area contributed by atoms with Gasteiger partial charge in [-0.05, 0) is 56.9 Å². The fraction of sp³-hybridized carbons (Fsp3) is 0.414. The van der Waals surface area contributed by atoms with Gasteiger partial charge >= 0.3 is 5.97 Å². The first kappa shape index (κ1) is 27.3. The third kappa shape index (κ3) is 5.04. The number of anilines is 1. The third-order valence-corrected chi connectivity index (χ3v) is 9.63. The van der Waals surface area contributed by atoms with Gasteiger partial charge in [0.2, 0.25) is 0 Å². The molecule has 0 amide bonds. The summed E-state index contributed by atoms with van der Waals surface area (Å²) in [7, 11) is 0. The summed E-state index contributed by atoms with van der Waals surface area (Å²) in [5.74, 6) is -0.236. The topological polar surface area (TPSA) is 115 Å².